The van der Waals surface area contributed by atoms with Crippen molar-refractivity contribution in [2.24, 2.45) is 17.0 Å². The summed E-state index contributed by atoms with van der Waals surface area (Å²) in [5, 5.41) is 4.96. The van der Waals surface area contributed by atoms with Crippen molar-refractivity contribution in [1.29, 1.82) is 0 Å². The highest BCUT2D eigenvalue weighted by molar-refractivity contribution is 9.10. The number of primary sulfonamides is 1. The molecule has 0 aliphatic heterocycles. The van der Waals surface area contributed by atoms with E-state index >= 15 is 0 Å². The molecule has 2 aromatic carbocycles. The number of carbonyl (C=O) groups is 2. The highest BCUT2D eigenvalue weighted by Crippen LogP contribution is 2.34. The molecule has 0 spiro atoms. The molecule has 0 saturated heterocycles. The lowest BCUT2D eigenvalue weighted by Gasteiger charge is -2.16. The molecule has 2 N–H and O–H groups in total. The van der Waals surface area contributed by atoms with Gasteiger partial charge in [0.15, 0.2) is 5.78 Å². The van der Waals surface area contributed by atoms with E-state index in [9.17, 15) is 26.8 Å². The van der Waals surface area contributed by atoms with Crippen LogP contribution in [0.15, 0.2) is 45.8 Å². The number of halogens is 3. The van der Waals surface area contributed by atoms with Crippen molar-refractivity contribution in [2.45, 2.75) is 30.6 Å². The topological polar surface area (TPSA) is 94.3 Å². The first-order valence-corrected chi connectivity index (χ1v) is 11.2. The molecule has 0 aromatic heterocycles. The molecule has 154 valence electrons. The fourth-order valence-electron chi connectivity index (χ4n) is 3.09. The van der Waals surface area contributed by atoms with E-state index in [4.69, 9.17) is 5.14 Å². The van der Waals surface area contributed by atoms with Crippen LogP contribution in [0, 0.1) is 23.5 Å². The molecule has 5 nitrogen and oxygen atoms in total. The highest BCUT2D eigenvalue weighted by Gasteiger charge is 2.33. The number of ketones is 2. The molecule has 1 saturated carbocycles. The zero-order chi connectivity index (χ0) is 21.3. The number of Topliss-reactive ketones (excluding diaryl/α,β-unsaturated/α-hetero) is 2. The smallest absolute Gasteiger partial charge is 0.240 e. The second-order valence-electron chi connectivity index (χ2n) is 7.17. The molecule has 3 rings (SSSR count). The van der Waals surface area contributed by atoms with Gasteiger partial charge in [0.05, 0.1) is 10.4 Å². The summed E-state index contributed by atoms with van der Waals surface area (Å²) in [4.78, 5) is 25.1. The minimum Gasteiger partial charge on any atom is -0.299 e. The van der Waals surface area contributed by atoms with Crippen LogP contribution in [-0.2, 0) is 21.2 Å². The molecule has 2 aromatic rings. The van der Waals surface area contributed by atoms with Gasteiger partial charge in [-0.25, -0.2) is 22.3 Å². The summed E-state index contributed by atoms with van der Waals surface area (Å²) in [5.74, 6) is -3.17. The first-order valence-electron chi connectivity index (χ1n) is 8.89. The third-order valence-corrected chi connectivity index (χ3v) is 6.39. The first kappa shape index (κ1) is 21.7. The minimum absolute atomic E-state index is 0.0960. The van der Waals surface area contributed by atoms with Crippen LogP contribution in [0.5, 0.6) is 0 Å². The largest absolute Gasteiger partial charge is 0.299 e. The van der Waals surface area contributed by atoms with Crippen molar-refractivity contribution < 1.29 is 26.8 Å². The maximum atomic E-state index is 14.2. The van der Waals surface area contributed by atoms with Crippen LogP contribution in [0.3, 0.4) is 0 Å². The van der Waals surface area contributed by atoms with Gasteiger partial charge >= 0.3 is 0 Å². The van der Waals surface area contributed by atoms with Crippen LogP contribution in [0.2, 0.25) is 0 Å². The van der Waals surface area contributed by atoms with Gasteiger partial charge in [-0.2, -0.15) is 0 Å². The van der Waals surface area contributed by atoms with Crippen molar-refractivity contribution in [1.82, 2.24) is 0 Å². The average Bonchev–Trinajstić information content (AvgIpc) is 3.44. The van der Waals surface area contributed by atoms with Crippen molar-refractivity contribution in [2.75, 3.05) is 0 Å². The Bertz CT molecular complexity index is 1080. The minimum atomic E-state index is -4.22. The van der Waals surface area contributed by atoms with Crippen LogP contribution < -0.4 is 5.14 Å². The summed E-state index contributed by atoms with van der Waals surface area (Å²) in [7, 11) is -4.22. The summed E-state index contributed by atoms with van der Waals surface area (Å²) < 4.78 is 50.5. The number of hydrogen-bond acceptors (Lipinski definition) is 4. The summed E-state index contributed by atoms with van der Waals surface area (Å²) in [5.41, 5.74) is 0.452. The summed E-state index contributed by atoms with van der Waals surface area (Å²) in [6.45, 7) is 0. The van der Waals surface area contributed by atoms with Gasteiger partial charge in [0.2, 0.25) is 10.0 Å². The average molecular weight is 486 g/mol. The van der Waals surface area contributed by atoms with Crippen molar-refractivity contribution in [3.8, 4) is 0 Å². The van der Waals surface area contributed by atoms with Gasteiger partial charge in [-0.15, -0.1) is 0 Å². The van der Waals surface area contributed by atoms with E-state index in [0.29, 0.717) is 5.56 Å². The monoisotopic (exact) mass is 485 g/mol. The fraction of sp³-hybridized carbons (Fsp3) is 0.300. The molecule has 1 aliphatic rings. The van der Waals surface area contributed by atoms with Gasteiger partial charge in [-0.05, 0) is 77.0 Å². The van der Waals surface area contributed by atoms with Crippen LogP contribution >= 0.6 is 15.9 Å². The van der Waals surface area contributed by atoms with Crippen molar-refractivity contribution >= 4 is 37.5 Å². The third kappa shape index (κ3) is 5.34. The lowest BCUT2D eigenvalue weighted by molar-refractivity contribution is -0.121. The number of carbonyl (C=O) groups excluding carboxylic acids is 2. The Morgan fingerprint density at radius 3 is 2.34 bits per heavy atom. The van der Waals surface area contributed by atoms with E-state index < -0.39 is 38.3 Å². The Kier molecular flexibility index (Phi) is 6.30. The highest BCUT2D eigenvalue weighted by atomic mass is 79.9. The molecule has 1 unspecified atom stereocenters. The number of benzene rings is 2. The zero-order valence-corrected chi connectivity index (χ0v) is 17.6. The Morgan fingerprint density at radius 1 is 1.10 bits per heavy atom. The molecular weight excluding hydrogens is 468 g/mol. The van der Waals surface area contributed by atoms with Gasteiger partial charge in [0.25, 0.3) is 0 Å². The lowest BCUT2D eigenvalue weighted by Crippen LogP contribution is -2.27. The molecule has 29 heavy (non-hydrogen) atoms. The first-order chi connectivity index (χ1) is 13.6. The Labute approximate surface area is 175 Å². The van der Waals surface area contributed by atoms with E-state index in [0.717, 1.165) is 31.0 Å². The van der Waals surface area contributed by atoms with Gasteiger partial charge in [0.1, 0.15) is 22.3 Å². The number of nitrogens with two attached hydrogens (primary N) is 1. The van der Waals surface area contributed by atoms with Crippen LogP contribution in [0.1, 0.15) is 35.2 Å². The fourth-order valence-corrected chi connectivity index (χ4v) is 4.06. The Balaban J connectivity index is 1.91. The molecule has 0 amide bonds. The second-order valence-corrected chi connectivity index (χ2v) is 9.56. The van der Waals surface area contributed by atoms with E-state index in [1.54, 1.807) is 0 Å². The SMILES string of the molecule is NS(=O)(=O)c1ccc(CC(C(=O)CC2CC2)C(=O)c2ccc(F)c(Br)c2)cc1F. The number of rotatable bonds is 8. The summed E-state index contributed by atoms with van der Waals surface area (Å²) in [6.07, 6.45) is 2.00. The van der Waals surface area contributed by atoms with Crippen molar-refractivity contribution in [3.63, 3.8) is 0 Å². The van der Waals surface area contributed by atoms with Crippen LogP contribution in [0.25, 0.3) is 0 Å². The van der Waals surface area contributed by atoms with Gasteiger partial charge in [0, 0.05) is 12.0 Å². The van der Waals surface area contributed by atoms with E-state index in [1.165, 1.54) is 18.2 Å². The molecule has 9 heteroatoms. The van der Waals surface area contributed by atoms with Gasteiger partial charge in [-0.3, -0.25) is 9.59 Å². The molecule has 0 radical (unpaired) electrons. The maximum absolute atomic E-state index is 14.2. The predicted molar refractivity (Wildman–Crippen MR) is 106 cm³/mol. The maximum Gasteiger partial charge on any atom is 0.240 e. The molecular formula is C20H18BrF2NO4S. The zero-order valence-electron chi connectivity index (χ0n) is 15.2. The Morgan fingerprint density at radius 2 is 1.79 bits per heavy atom. The summed E-state index contributed by atoms with van der Waals surface area (Å²) in [6, 6.07) is 7.03. The van der Waals surface area contributed by atoms with Crippen LogP contribution in [-0.4, -0.2) is 20.0 Å². The quantitative estimate of drug-likeness (QED) is 0.454. The number of hydrogen-bond donors (Lipinski definition) is 1. The Hall–Kier alpha value is -1.97. The molecule has 0 bridgehead atoms. The number of sulfonamides is 1. The van der Waals surface area contributed by atoms with E-state index in [2.05, 4.69) is 15.9 Å². The molecule has 1 atom stereocenters. The molecule has 0 heterocycles. The standard InChI is InChI=1S/C20H18BrF2NO4S/c21-15-10-13(4-5-16(15)22)20(26)14(18(25)9-11-1-2-11)7-12-3-6-19(17(23)8-12)29(24,27)28/h3-6,8,10-11,14H,1-2,7,9H2,(H2,24,27,28). The lowest BCUT2D eigenvalue weighted by atomic mass is 9.86. The van der Waals surface area contributed by atoms with Gasteiger partial charge in [-0.1, -0.05) is 6.07 Å². The summed E-state index contributed by atoms with van der Waals surface area (Å²) >= 11 is 3.02. The predicted octanol–water partition coefficient (Wildman–Crippen LogP) is 3.79. The van der Waals surface area contributed by atoms with Gasteiger partial charge < -0.3 is 0 Å². The van der Waals surface area contributed by atoms with Crippen LogP contribution in [0.4, 0.5) is 8.78 Å². The van der Waals surface area contributed by atoms with Crippen molar-refractivity contribution in [3.05, 3.63) is 63.6 Å². The van der Waals surface area contributed by atoms with E-state index in [1.807, 2.05) is 0 Å². The second kappa shape index (κ2) is 8.41. The third-order valence-electron chi connectivity index (χ3n) is 4.84. The molecule has 1 fully saturated rings. The molecule has 1 aliphatic carbocycles. The van der Waals surface area contributed by atoms with E-state index in [-0.39, 0.29) is 34.6 Å². The normalized spacial score (nSPS) is 15.2.